The average Bonchev–Trinajstić information content (AvgIpc) is 3.52. The molecule has 202 valence electrons. The number of aromatic nitrogens is 2. The first kappa shape index (κ1) is 25.6. The predicted octanol–water partition coefficient (Wildman–Crippen LogP) is 6.81. The number of furan rings is 1. The summed E-state index contributed by atoms with van der Waals surface area (Å²) in [6.07, 6.45) is 17.6. The molecular weight excluding hydrogens is 500 g/mol. The van der Waals surface area contributed by atoms with Crippen LogP contribution in [0.2, 0.25) is 0 Å². The molecule has 0 saturated heterocycles. The first-order valence-corrected chi connectivity index (χ1v) is 13.8. The van der Waals surface area contributed by atoms with E-state index in [9.17, 15) is 4.79 Å². The minimum atomic E-state index is 0.0346. The molecule has 8 heteroatoms. The normalized spacial score (nSPS) is 15.1. The summed E-state index contributed by atoms with van der Waals surface area (Å²) in [6.45, 7) is 0. The zero-order valence-electron chi connectivity index (χ0n) is 22.2. The van der Waals surface area contributed by atoms with Crippen LogP contribution in [0.1, 0.15) is 49.7 Å². The van der Waals surface area contributed by atoms with E-state index in [0.717, 1.165) is 46.5 Å². The first-order valence-electron chi connectivity index (χ1n) is 13.8. The second kappa shape index (κ2) is 11.2. The van der Waals surface area contributed by atoms with Gasteiger partial charge in [0, 0.05) is 52.4 Å². The highest BCUT2D eigenvalue weighted by molar-refractivity contribution is 6.16. The molecule has 1 aliphatic carbocycles. The number of benzene rings is 1. The van der Waals surface area contributed by atoms with Crippen molar-refractivity contribution < 1.29 is 9.21 Å². The van der Waals surface area contributed by atoms with Crippen LogP contribution in [0.5, 0.6) is 0 Å². The third kappa shape index (κ3) is 5.38. The number of nitrogen functional groups attached to an aromatic ring is 1. The molecule has 8 nitrogen and oxygen atoms in total. The molecule has 4 heterocycles. The van der Waals surface area contributed by atoms with Gasteiger partial charge in [0.2, 0.25) is 5.91 Å². The zero-order chi connectivity index (χ0) is 27.5. The number of carbonyl (C=O) groups excluding carboxylic acids is 1. The molecule has 5 N–H and O–H groups in total. The van der Waals surface area contributed by atoms with Crippen LogP contribution in [0.15, 0.2) is 83.7 Å². The van der Waals surface area contributed by atoms with Crippen LogP contribution in [0.25, 0.3) is 22.4 Å². The molecule has 1 fully saturated rings. The Labute approximate surface area is 233 Å². The van der Waals surface area contributed by atoms with Crippen molar-refractivity contribution in [2.75, 3.05) is 16.4 Å². The third-order valence-electron chi connectivity index (χ3n) is 7.78. The van der Waals surface area contributed by atoms with Gasteiger partial charge in [0.25, 0.3) is 0 Å². The maximum Gasteiger partial charge on any atom is 0.224 e. The monoisotopic (exact) mass is 532 g/mol. The molecule has 6 rings (SSSR count). The Morgan fingerprint density at radius 3 is 2.77 bits per heavy atom. The summed E-state index contributed by atoms with van der Waals surface area (Å²) < 4.78 is 5.25. The highest BCUT2D eigenvalue weighted by atomic mass is 16.3. The number of rotatable bonds is 7. The Balaban J connectivity index is 1.20. The molecule has 0 spiro atoms. The molecular formula is C32H32N6O2. The molecule has 3 aromatic heterocycles. The van der Waals surface area contributed by atoms with E-state index < -0.39 is 0 Å². The van der Waals surface area contributed by atoms with E-state index in [4.69, 9.17) is 15.6 Å². The number of nitrogens with one attached hydrogen (secondary N) is 3. The number of carbonyl (C=O) groups is 1. The molecule has 0 atom stereocenters. The molecule has 1 saturated carbocycles. The Bertz CT molecular complexity index is 1580. The molecule has 0 unspecified atom stereocenters. The van der Waals surface area contributed by atoms with Crippen molar-refractivity contribution in [2.45, 2.75) is 44.9 Å². The summed E-state index contributed by atoms with van der Waals surface area (Å²) in [5.41, 5.74) is 14.6. The van der Waals surface area contributed by atoms with Gasteiger partial charge in [-0.1, -0.05) is 31.4 Å². The van der Waals surface area contributed by atoms with Crippen LogP contribution < -0.4 is 16.4 Å². The quantitative estimate of drug-likeness (QED) is 0.153. The lowest BCUT2D eigenvalue weighted by Crippen LogP contribution is -2.18. The van der Waals surface area contributed by atoms with E-state index in [1.807, 2.05) is 42.5 Å². The molecule has 4 aromatic rings. The number of amides is 1. The summed E-state index contributed by atoms with van der Waals surface area (Å²) in [7, 11) is 0. The van der Waals surface area contributed by atoms with Gasteiger partial charge < -0.3 is 20.8 Å². The van der Waals surface area contributed by atoms with Gasteiger partial charge in [-0.25, -0.2) is 0 Å². The van der Waals surface area contributed by atoms with Gasteiger partial charge in [-0.15, -0.1) is 0 Å². The lowest BCUT2D eigenvalue weighted by Gasteiger charge is -2.22. The fourth-order valence-electron chi connectivity index (χ4n) is 5.66. The smallest absolute Gasteiger partial charge is 0.224 e. The summed E-state index contributed by atoms with van der Waals surface area (Å²) in [4.78, 5) is 21.6. The summed E-state index contributed by atoms with van der Waals surface area (Å²) in [6, 6.07) is 11.4. The van der Waals surface area contributed by atoms with Crippen molar-refractivity contribution in [1.29, 1.82) is 5.41 Å². The average molecular weight is 533 g/mol. The van der Waals surface area contributed by atoms with Crippen LogP contribution in [-0.2, 0) is 11.2 Å². The molecule has 40 heavy (non-hydrogen) atoms. The zero-order valence-corrected chi connectivity index (χ0v) is 22.2. The fraction of sp³-hybridized carbons (Fsp3) is 0.250. The fourth-order valence-corrected chi connectivity index (χ4v) is 5.66. The lowest BCUT2D eigenvalue weighted by atomic mass is 9.87. The lowest BCUT2D eigenvalue weighted by molar-refractivity contribution is -0.117. The number of nitrogens with zero attached hydrogens (tertiary/aromatic N) is 2. The van der Waals surface area contributed by atoms with Crippen LogP contribution in [-0.4, -0.2) is 21.6 Å². The highest BCUT2D eigenvalue weighted by Crippen LogP contribution is 2.34. The van der Waals surface area contributed by atoms with Crippen LogP contribution in [0.4, 0.5) is 17.1 Å². The molecule has 1 amide bonds. The number of pyridine rings is 2. The Morgan fingerprint density at radius 2 is 1.95 bits per heavy atom. The van der Waals surface area contributed by atoms with Gasteiger partial charge in [0.05, 0.1) is 41.5 Å². The van der Waals surface area contributed by atoms with Gasteiger partial charge in [-0.3, -0.25) is 20.2 Å². The van der Waals surface area contributed by atoms with Crippen molar-refractivity contribution in [3.8, 4) is 22.4 Å². The highest BCUT2D eigenvalue weighted by Gasteiger charge is 2.21. The van der Waals surface area contributed by atoms with Crippen molar-refractivity contribution >= 4 is 28.7 Å². The van der Waals surface area contributed by atoms with Crippen molar-refractivity contribution in [3.63, 3.8) is 0 Å². The summed E-state index contributed by atoms with van der Waals surface area (Å²) in [5, 5.41) is 15.4. The van der Waals surface area contributed by atoms with E-state index in [-0.39, 0.29) is 5.91 Å². The maximum atomic E-state index is 12.7. The second-order valence-electron chi connectivity index (χ2n) is 10.5. The number of allylic oxidation sites excluding steroid dienone is 2. The summed E-state index contributed by atoms with van der Waals surface area (Å²) in [5.74, 6) is 0.506. The number of nitrogens with two attached hydrogens (primary N) is 1. The number of anilines is 3. The first-order chi connectivity index (χ1) is 19.5. The summed E-state index contributed by atoms with van der Waals surface area (Å²) >= 11 is 0. The van der Waals surface area contributed by atoms with Crippen molar-refractivity contribution in [3.05, 3.63) is 90.4 Å². The third-order valence-corrected chi connectivity index (χ3v) is 7.78. The van der Waals surface area contributed by atoms with Crippen LogP contribution in [0, 0.1) is 11.3 Å². The van der Waals surface area contributed by atoms with Crippen molar-refractivity contribution in [1.82, 2.24) is 9.97 Å². The number of fused-ring (bicyclic) bond motifs is 1. The molecule has 1 aromatic carbocycles. The van der Waals surface area contributed by atoms with Gasteiger partial charge in [0.15, 0.2) is 0 Å². The molecule has 1 aliphatic heterocycles. The molecule has 0 radical (unpaired) electrons. The van der Waals surface area contributed by atoms with E-state index in [0.29, 0.717) is 47.1 Å². The Hall–Kier alpha value is -4.72. The minimum Gasteiger partial charge on any atom is -0.472 e. The van der Waals surface area contributed by atoms with Crippen molar-refractivity contribution in [2.24, 2.45) is 5.92 Å². The maximum absolute atomic E-state index is 12.7. The minimum absolute atomic E-state index is 0.0346. The van der Waals surface area contributed by atoms with Gasteiger partial charge in [-0.2, -0.15) is 0 Å². The Morgan fingerprint density at radius 1 is 1.07 bits per heavy atom. The van der Waals surface area contributed by atoms with Crippen LogP contribution in [0.3, 0.4) is 0 Å². The Kier molecular flexibility index (Phi) is 7.14. The predicted molar refractivity (Wildman–Crippen MR) is 158 cm³/mol. The standard InChI is InChI=1S/C32H32N6O2/c33-27-8-6-21(23-15-24(18-35-17-23)37-30(39)14-20-4-2-1-3-5-20)16-26(27)31(34)29-9-7-25-28(38-29)10-12-36-32(25)22-11-13-40-19-22/h6,8-13,15-20,34,38H,1-5,7,14,33H2,(H,37,39). The second-order valence-corrected chi connectivity index (χ2v) is 10.5. The molecule has 0 bridgehead atoms. The van der Waals surface area contributed by atoms with Gasteiger partial charge >= 0.3 is 0 Å². The van der Waals surface area contributed by atoms with E-state index in [1.165, 1.54) is 19.3 Å². The SMILES string of the molecule is N=C(C1=CCc2c(ccnc2-c2ccoc2)N1)c1cc(-c2cncc(NC(=O)CC3CCCCC3)c2)ccc1N. The topological polar surface area (TPSA) is 130 Å². The van der Waals surface area contributed by atoms with E-state index in [2.05, 4.69) is 20.6 Å². The van der Waals surface area contributed by atoms with E-state index >= 15 is 0 Å². The van der Waals surface area contributed by atoms with Gasteiger partial charge in [0.1, 0.15) is 0 Å². The number of hydrogen-bond donors (Lipinski definition) is 4. The number of hydrogen-bond acceptors (Lipinski definition) is 7. The van der Waals surface area contributed by atoms with E-state index in [1.54, 1.807) is 31.1 Å². The van der Waals surface area contributed by atoms with Gasteiger partial charge in [-0.05, 0) is 61.1 Å². The largest absolute Gasteiger partial charge is 0.472 e. The molecule has 2 aliphatic rings. The van der Waals surface area contributed by atoms with Crippen LogP contribution >= 0.6 is 0 Å².